The van der Waals surface area contributed by atoms with Crippen molar-refractivity contribution in [3.8, 4) is 0 Å². The minimum absolute atomic E-state index is 0.0631. The van der Waals surface area contributed by atoms with Crippen molar-refractivity contribution in [2.24, 2.45) is 17.8 Å². The van der Waals surface area contributed by atoms with E-state index in [0.29, 0.717) is 6.42 Å². The second kappa shape index (κ2) is 13.1. The van der Waals surface area contributed by atoms with Crippen LogP contribution in [0.4, 0.5) is 0 Å². The number of nitrogens with zero attached hydrogens (tertiary/aromatic N) is 1. The highest BCUT2D eigenvalue weighted by Gasteiger charge is 2.26. The van der Waals surface area contributed by atoms with Crippen LogP contribution >= 0.6 is 0 Å². The standard InChI is InChI=1S/C28H39NO4/c1-19-13-14-21(3)26(32-24(6)30)16-15-23(5)28(33-27(31)18-19)22(4)11-9-10-20(2)25-12-7-8-17-29-25/h7-12,15-17,19-21,23,26,28H,13-14,18H2,1-6H3/b10-9+,16-15+,22-11+/t19-,20-,21+,23+,26+,28-/m1/s1. The molecule has 2 heterocycles. The van der Waals surface area contributed by atoms with E-state index in [0.717, 1.165) is 24.1 Å². The topological polar surface area (TPSA) is 65.5 Å². The van der Waals surface area contributed by atoms with E-state index in [4.69, 9.17) is 9.47 Å². The van der Waals surface area contributed by atoms with Crippen molar-refractivity contribution in [1.82, 2.24) is 4.98 Å². The van der Waals surface area contributed by atoms with Gasteiger partial charge in [0.2, 0.25) is 0 Å². The number of hydrogen-bond donors (Lipinski definition) is 0. The Kier molecular flexibility index (Phi) is 10.6. The number of allylic oxidation sites excluding steroid dienone is 3. The van der Waals surface area contributed by atoms with Gasteiger partial charge >= 0.3 is 11.9 Å². The van der Waals surface area contributed by atoms with Gasteiger partial charge in [-0.15, -0.1) is 0 Å². The molecule has 1 aromatic rings. The molecule has 0 aliphatic carbocycles. The Bertz CT molecular complexity index is 858. The Labute approximate surface area is 199 Å². The monoisotopic (exact) mass is 453 g/mol. The summed E-state index contributed by atoms with van der Waals surface area (Å²) in [5.74, 6) is 0.0544. The van der Waals surface area contributed by atoms with Gasteiger partial charge in [-0.25, -0.2) is 0 Å². The molecule has 5 nitrogen and oxygen atoms in total. The van der Waals surface area contributed by atoms with E-state index in [1.165, 1.54) is 6.92 Å². The number of cyclic esters (lactones) is 1. The minimum Gasteiger partial charge on any atom is -0.458 e. The van der Waals surface area contributed by atoms with Gasteiger partial charge in [0.25, 0.3) is 0 Å². The van der Waals surface area contributed by atoms with Crippen LogP contribution in [0.3, 0.4) is 0 Å². The second-order valence-corrected chi connectivity index (χ2v) is 9.43. The molecule has 6 atom stereocenters. The Balaban J connectivity index is 2.24. The van der Waals surface area contributed by atoms with Crippen LogP contribution in [0.25, 0.3) is 0 Å². The highest BCUT2D eigenvalue weighted by Crippen LogP contribution is 2.26. The zero-order valence-electron chi connectivity index (χ0n) is 20.9. The molecule has 5 heteroatoms. The predicted octanol–water partition coefficient (Wildman–Crippen LogP) is 6.18. The molecule has 0 fully saturated rings. The van der Waals surface area contributed by atoms with Crippen LogP contribution in [-0.2, 0) is 19.1 Å². The smallest absolute Gasteiger partial charge is 0.306 e. The summed E-state index contributed by atoms with van der Waals surface area (Å²) in [5, 5.41) is 0. The molecule has 1 aromatic heterocycles. The molecular formula is C28H39NO4. The fourth-order valence-electron chi connectivity index (χ4n) is 4.04. The fraction of sp³-hybridized carbons (Fsp3) is 0.536. The van der Waals surface area contributed by atoms with Crippen LogP contribution in [0.5, 0.6) is 0 Å². The first-order chi connectivity index (χ1) is 15.7. The fourth-order valence-corrected chi connectivity index (χ4v) is 4.04. The Morgan fingerprint density at radius 1 is 1.18 bits per heavy atom. The van der Waals surface area contributed by atoms with Crippen molar-refractivity contribution in [1.29, 1.82) is 0 Å². The van der Waals surface area contributed by atoms with E-state index in [1.54, 1.807) is 6.20 Å². The van der Waals surface area contributed by atoms with E-state index in [2.05, 4.69) is 31.8 Å². The molecule has 0 bridgehead atoms. The number of ether oxygens (including phenoxy) is 2. The Morgan fingerprint density at radius 2 is 1.94 bits per heavy atom. The molecule has 0 saturated heterocycles. The molecule has 0 amide bonds. The summed E-state index contributed by atoms with van der Waals surface area (Å²) in [4.78, 5) is 28.7. The summed E-state index contributed by atoms with van der Waals surface area (Å²) < 4.78 is 11.5. The number of carbonyl (C=O) groups is 2. The first kappa shape index (κ1) is 26.6. The SMILES string of the molecule is CC(=O)O[C@H]1/C=C/[C@H](C)[C@@H](/C(C)=C/C=C/[C@@H](C)c2ccccn2)OC(=O)C[C@H](C)CC[C@@H]1C. The average molecular weight is 454 g/mol. The van der Waals surface area contributed by atoms with Gasteiger partial charge in [-0.2, -0.15) is 0 Å². The van der Waals surface area contributed by atoms with Gasteiger partial charge in [-0.05, 0) is 55.4 Å². The summed E-state index contributed by atoms with van der Waals surface area (Å²) in [6.45, 7) is 11.7. The zero-order chi connectivity index (χ0) is 24.4. The summed E-state index contributed by atoms with van der Waals surface area (Å²) in [6.07, 6.45) is 13.3. The van der Waals surface area contributed by atoms with Crippen LogP contribution in [-0.4, -0.2) is 29.1 Å². The van der Waals surface area contributed by atoms with Gasteiger partial charge in [0.15, 0.2) is 0 Å². The van der Waals surface area contributed by atoms with E-state index in [9.17, 15) is 9.59 Å². The molecule has 33 heavy (non-hydrogen) atoms. The van der Waals surface area contributed by atoms with Crippen LogP contribution < -0.4 is 0 Å². The van der Waals surface area contributed by atoms with Crippen molar-refractivity contribution < 1.29 is 19.1 Å². The Morgan fingerprint density at radius 3 is 2.61 bits per heavy atom. The molecule has 0 saturated carbocycles. The third-order valence-electron chi connectivity index (χ3n) is 6.20. The minimum atomic E-state index is -0.386. The molecule has 1 aliphatic rings. The normalized spacial score (nSPS) is 29.5. The number of esters is 2. The number of hydrogen-bond acceptors (Lipinski definition) is 5. The summed E-state index contributed by atoms with van der Waals surface area (Å²) in [5.41, 5.74) is 1.97. The van der Waals surface area contributed by atoms with Crippen molar-refractivity contribution in [2.45, 2.75) is 78.9 Å². The van der Waals surface area contributed by atoms with Gasteiger partial charge in [-0.3, -0.25) is 14.6 Å². The molecule has 0 aromatic carbocycles. The van der Waals surface area contributed by atoms with Crippen molar-refractivity contribution in [3.05, 3.63) is 66.0 Å². The first-order valence-electron chi connectivity index (χ1n) is 12.0. The van der Waals surface area contributed by atoms with Gasteiger partial charge < -0.3 is 9.47 Å². The first-order valence-corrected chi connectivity index (χ1v) is 12.0. The maximum atomic E-state index is 12.7. The van der Waals surface area contributed by atoms with Gasteiger partial charge in [0.05, 0.1) is 0 Å². The number of rotatable bonds is 5. The molecule has 0 unspecified atom stereocenters. The van der Waals surface area contributed by atoms with Crippen molar-refractivity contribution >= 4 is 11.9 Å². The molecular weight excluding hydrogens is 414 g/mol. The lowest BCUT2D eigenvalue weighted by atomic mass is 9.90. The zero-order valence-corrected chi connectivity index (χ0v) is 20.9. The summed E-state index contributed by atoms with van der Waals surface area (Å²) >= 11 is 0. The van der Waals surface area contributed by atoms with Crippen LogP contribution in [0, 0.1) is 17.8 Å². The van der Waals surface area contributed by atoms with Crippen molar-refractivity contribution in [2.75, 3.05) is 0 Å². The maximum absolute atomic E-state index is 12.7. The van der Waals surface area contributed by atoms with Gasteiger partial charge in [-0.1, -0.05) is 58.1 Å². The maximum Gasteiger partial charge on any atom is 0.306 e. The number of carbonyl (C=O) groups excluding carboxylic acids is 2. The van der Waals surface area contributed by atoms with Crippen LogP contribution in [0.15, 0.2) is 60.3 Å². The molecule has 1 aliphatic heterocycles. The lowest BCUT2D eigenvalue weighted by molar-refractivity contribution is -0.149. The highest BCUT2D eigenvalue weighted by atomic mass is 16.5. The molecule has 2 rings (SSSR count). The van der Waals surface area contributed by atoms with Crippen LogP contribution in [0.1, 0.15) is 72.4 Å². The third-order valence-corrected chi connectivity index (χ3v) is 6.20. The molecule has 0 N–H and O–H groups in total. The summed E-state index contributed by atoms with van der Waals surface area (Å²) in [7, 11) is 0. The lowest BCUT2D eigenvalue weighted by Crippen LogP contribution is -2.28. The van der Waals surface area contributed by atoms with Crippen LogP contribution in [0.2, 0.25) is 0 Å². The Hall–Kier alpha value is -2.69. The average Bonchev–Trinajstić information content (AvgIpc) is 2.77. The van der Waals surface area contributed by atoms with E-state index >= 15 is 0 Å². The second-order valence-electron chi connectivity index (χ2n) is 9.43. The van der Waals surface area contributed by atoms with E-state index in [1.807, 2.05) is 56.4 Å². The van der Waals surface area contributed by atoms with Crippen molar-refractivity contribution in [3.63, 3.8) is 0 Å². The molecule has 0 radical (unpaired) electrons. The predicted molar refractivity (Wildman–Crippen MR) is 131 cm³/mol. The quantitative estimate of drug-likeness (QED) is 0.303. The van der Waals surface area contributed by atoms with Gasteiger partial charge in [0, 0.05) is 37.1 Å². The summed E-state index contributed by atoms with van der Waals surface area (Å²) in [6, 6.07) is 5.90. The molecule has 180 valence electrons. The van der Waals surface area contributed by atoms with Gasteiger partial charge in [0.1, 0.15) is 12.2 Å². The largest absolute Gasteiger partial charge is 0.458 e. The molecule has 0 spiro atoms. The van der Waals surface area contributed by atoms with E-state index in [-0.39, 0.29) is 47.8 Å². The number of aromatic nitrogens is 1. The van der Waals surface area contributed by atoms with E-state index < -0.39 is 0 Å². The highest BCUT2D eigenvalue weighted by molar-refractivity contribution is 5.70. The number of pyridine rings is 1. The third kappa shape index (κ3) is 8.99. The lowest BCUT2D eigenvalue weighted by Gasteiger charge is -2.27.